The van der Waals surface area contributed by atoms with E-state index in [1.165, 1.54) is 22.7 Å². The van der Waals surface area contributed by atoms with Crippen molar-refractivity contribution >= 4 is 45.9 Å². The van der Waals surface area contributed by atoms with Gasteiger partial charge in [-0.25, -0.2) is 0 Å². The Hall–Kier alpha value is -0.0600. The lowest BCUT2D eigenvalue weighted by Crippen LogP contribution is -1.93. The Morgan fingerprint density at radius 1 is 1.29 bits per heavy atom. The zero-order valence-corrected chi connectivity index (χ0v) is 10.1. The molecule has 74 valence electrons. The number of halogens is 2. The fourth-order valence-electron chi connectivity index (χ4n) is 1.10. The molecule has 0 aromatic carbocycles. The zero-order chi connectivity index (χ0) is 10.1. The van der Waals surface area contributed by atoms with Gasteiger partial charge in [-0.1, -0.05) is 23.2 Å². The second-order valence-electron chi connectivity index (χ2n) is 2.70. The number of aliphatic hydroxyl groups is 1. The molecule has 0 saturated carbocycles. The monoisotopic (exact) mass is 264 g/mol. The molecule has 1 unspecified atom stereocenters. The lowest BCUT2D eigenvalue weighted by molar-refractivity contribution is 0.228. The van der Waals surface area contributed by atoms with Crippen LogP contribution >= 0.6 is 45.9 Å². The Morgan fingerprint density at radius 2 is 2.07 bits per heavy atom. The number of hydrogen-bond donors (Lipinski definition) is 1. The van der Waals surface area contributed by atoms with E-state index < -0.39 is 6.10 Å². The minimum atomic E-state index is -0.653. The molecule has 0 fully saturated rings. The van der Waals surface area contributed by atoms with E-state index in [-0.39, 0.29) is 0 Å². The van der Waals surface area contributed by atoms with Crippen LogP contribution in [0.5, 0.6) is 0 Å². The fourth-order valence-corrected chi connectivity index (χ4v) is 3.41. The van der Waals surface area contributed by atoms with Crippen molar-refractivity contribution < 1.29 is 5.11 Å². The second kappa shape index (κ2) is 4.21. The molecule has 0 aliphatic rings. The van der Waals surface area contributed by atoms with Gasteiger partial charge < -0.3 is 5.11 Å². The molecule has 0 bridgehead atoms. The zero-order valence-electron chi connectivity index (χ0n) is 6.91. The standard InChI is InChI=1S/C9H6Cl2OS2/c10-5-3-7(14-4-5)8(12)9-6(11)1-2-13-9/h1-4,8,12H. The molecule has 0 aliphatic heterocycles. The Labute approximate surface area is 99.5 Å². The van der Waals surface area contributed by atoms with Crippen LogP contribution in [0.15, 0.2) is 22.9 Å². The molecule has 14 heavy (non-hydrogen) atoms. The molecule has 0 radical (unpaired) electrons. The quantitative estimate of drug-likeness (QED) is 0.862. The Kier molecular flexibility index (Phi) is 3.14. The maximum Gasteiger partial charge on any atom is 0.124 e. The number of hydrogen-bond acceptors (Lipinski definition) is 3. The van der Waals surface area contributed by atoms with Crippen LogP contribution in [0, 0.1) is 0 Å². The molecule has 0 spiro atoms. The molecule has 1 N–H and O–H groups in total. The van der Waals surface area contributed by atoms with E-state index in [9.17, 15) is 5.11 Å². The summed E-state index contributed by atoms with van der Waals surface area (Å²) in [5.41, 5.74) is 0. The van der Waals surface area contributed by atoms with Crippen molar-refractivity contribution in [2.75, 3.05) is 0 Å². The number of aliphatic hydroxyl groups excluding tert-OH is 1. The van der Waals surface area contributed by atoms with Gasteiger partial charge in [-0.05, 0) is 17.5 Å². The highest BCUT2D eigenvalue weighted by molar-refractivity contribution is 7.12. The number of thiophene rings is 2. The average molecular weight is 265 g/mol. The van der Waals surface area contributed by atoms with Gasteiger partial charge in [-0.2, -0.15) is 0 Å². The highest BCUT2D eigenvalue weighted by Crippen LogP contribution is 2.36. The third-order valence-electron chi connectivity index (χ3n) is 1.75. The minimum absolute atomic E-state index is 0.604. The molecular formula is C9H6Cl2OS2. The van der Waals surface area contributed by atoms with E-state index in [1.54, 1.807) is 17.5 Å². The van der Waals surface area contributed by atoms with Gasteiger partial charge in [0.1, 0.15) is 6.10 Å². The van der Waals surface area contributed by atoms with Gasteiger partial charge in [-0.3, -0.25) is 0 Å². The van der Waals surface area contributed by atoms with Crippen LogP contribution in [-0.2, 0) is 0 Å². The smallest absolute Gasteiger partial charge is 0.124 e. The molecule has 5 heteroatoms. The lowest BCUT2D eigenvalue weighted by Gasteiger charge is -2.05. The van der Waals surface area contributed by atoms with Crippen molar-refractivity contribution in [2.45, 2.75) is 6.10 Å². The van der Waals surface area contributed by atoms with Gasteiger partial charge in [0, 0.05) is 10.3 Å². The summed E-state index contributed by atoms with van der Waals surface area (Å²) in [5.74, 6) is 0. The minimum Gasteiger partial charge on any atom is -0.382 e. The normalized spacial score (nSPS) is 13.1. The highest BCUT2D eigenvalue weighted by atomic mass is 35.5. The van der Waals surface area contributed by atoms with Gasteiger partial charge in [0.2, 0.25) is 0 Å². The van der Waals surface area contributed by atoms with Crippen molar-refractivity contribution in [3.8, 4) is 0 Å². The molecule has 2 rings (SSSR count). The highest BCUT2D eigenvalue weighted by Gasteiger charge is 2.16. The van der Waals surface area contributed by atoms with Crippen molar-refractivity contribution in [1.82, 2.24) is 0 Å². The maximum absolute atomic E-state index is 9.95. The summed E-state index contributed by atoms with van der Waals surface area (Å²) >= 11 is 14.6. The van der Waals surface area contributed by atoms with E-state index in [0.29, 0.717) is 10.0 Å². The predicted molar refractivity (Wildman–Crippen MR) is 62.7 cm³/mol. The largest absolute Gasteiger partial charge is 0.382 e. The lowest BCUT2D eigenvalue weighted by atomic mass is 10.2. The molecule has 0 aliphatic carbocycles. The first-order valence-electron chi connectivity index (χ1n) is 3.83. The summed E-state index contributed by atoms with van der Waals surface area (Å²) in [7, 11) is 0. The molecule has 0 saturated heterocycles. The van der Waals surface area contributed by atoms with Gasteiger partial charge >= 0.3 is 0 Å². The molecule has 2 aromatic heterocycles. The van der Waals surface area contributed by atoms with Crippen LogP contribution in [0.4, 0.5) is 0 Å². The van der Waals surface area contributed by atoms with Gasteiger partial charge in [0.05, 0.1) is 14.9 Å². The van der Waals surface area contributed by atoms with E-state index in [0.717, 1.165) is 9.75 Å². The maximum atomic E-state index is 9.95. The second-order valence-corrected chi connectivity index (χ2v) is 5.44. The molecule has 2 aromatic rings. The van der Waals surface area contributed by atoms with Crippen LogP contribution in [-0.4, -0.2) is 5.11 Å². The fraction of sp³-hybridized carbons (Fsp3) is 0.111. The van der Waals surface area contributed by atoms with Gasteiger partial charge in [0.15, 0.2) is 0 Å². The predicted octanol–water partition coefficient (Wildman–Crippen LogP) is 4.20. The Balaban J connectivity index is 2.33. The first kappa shape index (κ1) is 10.5. The molecule has 0 amide bonds. The first-order chi connectivity index (χ1) is 6.68. The van der Waals surface area contributed by atoms with E-state index in [2.05, 4.69) is 0 Å². The van der Waals surface area contributed by atoms with Crippen molar-refractivity contribution in [3.63, 3.8) is 0 Å². The molecule has 2 heterocycles. The summed E-state index contributed by atoms with van der Waals surface area (Å²) in [5, 5.41) is 14.9. The van der Waals surface area contributed by atoms with Crippen LogP contribution in [0.3, 0.4) is 0 Å². The third kappa shape index (κ3) is 1.97. The van der Waals surface area contributed by atoms with Gasteiger partial charge in [0.25, 0.3) is 0 Å². The molecule has 1 atom stereocenters. The summed E-state index contributed by atoms with van der Waals surface area (Å²) < 4.78 is 0. The summed E-state index contributed by atoms with van der Waals surface area (Å²) in [6, 6.07) is 3.53. The van der Waals surface area contributed by atoms with Crippen LogP contribution in [0.2, 0.25) is 10.0 Å². The van der Waals surface area contributed by atoms with Crippen LogP contribution in [0.25, 0.3) is 0 Å². The SMILES string of the molecule is OC(c1cc(Cl)cs1)c1sccc1Cl. The van der Waals surface area contributed by atoms with E-state index >= 15 is 0 Å². The summed E-state index contributed by atoms with van der Waals surface area (Å²) in [4.78, 5) is 1.59. The van der Waals surface area contributed by atoms with Crippen molar-refractivity contribution in [2.24, 2.45) is 0 Å². The van der Waals surface area contributed by atoms with Crippen molar-refractivity contribution in [3.05, 3.63) is 42.7 Å². The van der Waals surface area contributed by atoms with Crippen LogP contribution in [0.1, 0.15) is 15.9 Å². The third-order valence-corrected chi connectivity index (χ3v) is 4.49. The molecule has 1 nitrogen and oxygen atoms in total. The topological polar surface area (TPSA) is 20.2 Å². The Morgan fingerprint density at radius 3 is 2.57 bits per heavy atom. The number of rotatable bonds is 2. The Bertz CT molecular complexity index is 435. The van der Waals surface area contributed by atoms with E-state index in [1.807, 2.05) is 5.38 Å². The van der Waals surface area contributed by atoms with E-state index in [4.69, 9.17) is 23.2 Å². The molecular weight excluding hydrogens is 259 g/mol. The summed E-state index contributed by atoms with van der Waals surface area (Å²) in [6.07, 6.45) is -0.653. The first-order valence-corrected chi connectivity index (χ1v) is 6.35. The summed E-state index contributed by atoms with van der Waals surface area (Å²) in [6.45, 7) is 0. The average Bonchev–Trinajstić information content (AvgIpc) is 2.73. The van der Waals surface area contributed by atoms with Crippen molar-refractivity contribution in [1.29, 1.82) is 0 Å². The van der Waals surface area contributed by atoms with Crippen LogP contribution < -0.4 is 0 Å². The van der Waals surface area contributed by atoms with Gasteiger partial charge in [-0.15, -0.1) is 22.7 Å².